The number of nitriles is 1. The topological polar surface area (TPSA) is 80.5 Å². The van der Waals surface area contributed by atoms with Gasteiger partial charge in [0.05, 0.1) is 18.2 Å². The van der Waals surface area contributed by atoms with E-state index in [0.29, 0.717) is 48.8 Å². The minimum absolute atomic E-state index is 0.0365. The Balaban J connectivity index is 1.78. The maximum absolute atomic E-state index is 16.3. The second-order valence-electron chi connectivity index (χ2n) is 8.13. The second kappa shape index (κ2) is 10.0. The highest BCUT2D eigenvalue weighted by molar-refractivity contribution is 6.29. The van der Waals surface area contributed by atoms with E-state index in [2.05, 4.69) is 16.0 Å². The number of ether oxygens (including phenoxy) is 3. The summed E-state index contributed by atoms with van der Waals surface area (Å²) in [6, 6.07) is 14.9. The monoisotopic (exact) mass is 492 g/mol. The maximum Gasteiger partial charge on any atom is 0.225 e. The third kappa shape index (κ3) is 4.46. The molecule has 0 N–H and O–H groups in total. The van der Waals surface area contributed by atoms with Crippen molar-refractivity contribution in [2.45, 2.75) is 6.42 Å². The lowest BCUT2D eigenvalue weighted by atomic mass is 9.92. The molecule has 1 aliphatic heterocycles. The summed E-state index contributed by atoms with van der Waals surface area (Å²) in [5.74, 6) is 0.356. The number of fused-ring (bicyclic) bond motifs is 2. The molecule has 9 heteroatoms. The van der Waals surface area contributed by atoms with E-state index in [1.807, 2.05) is 35.2 Å². The van der Waals surface area contributed by atoms with Crippen molar-refractivity contribution < 1.29 is 18.6 Å². The average molecular weight is 493 g/mol. The van der Waals surface area contributed by atoms with Crippen LogP contribution in [0.15, 0.2) is 42.5 Å². The molecule has 1 fully saturated rings. The first-order valence-corrected chi connectivity index (χ1v) is 11.6. The van der Waals surface area contributed by atoms with Crippen LogP contribution < -0.4 is 9.64 Å². The van der Waals surface area contributed by atoms with Crippen molar-refractivity contribution in [2.24, 2.45) is 0 Å². The molecule has 1 aliphatic rings. The number of hydrogen-bond acceptors (Lipinski definition) is 7. The Kier molecular flexibility index (Phi) is 6.64. The third-order valence-corrected chi connectivity index (χ3v) is 6.14. The van der Waals surface area contributed by atoms with Crippen molar-refractivity contribution >= 4 is 39.1 Å². The lowest BCUT2D eigenvalue weighted by molar-refractivity contribution is 0.0512. The van der Waals surface area contributed by atoms with Crippen molar-refractivity contribution in [3.8, 4) is 22.9 Å². The molecule has 2 heterocycles. The Morgan fingerprint density at radius 3 is 2.83 bits per heavy atom. The SMILES string of the molecule is COCOc1cc(-c2c(C#N)cc3c(N4CCCOCC4)nc(Cl)nc3c2F)c2ccccc2c1. The zero-order valence-corrected chi connectivity index (χ0v) is 19.8. The zero-order chi connectivity index (χ0) is 24.4. The first-order chi connectivity index (χ1) is 17.1. The summed E-state index contributed by atoms with van der Waals surface area (Å²) in [5, 5.41) is 12.1. The van der Waals surface area contributed by atoms with Crippen LogP contribution in [0.4, 0.5) is 10.2 Å². The van der Waals surface area contributed by atoms with Gasteiger partial charge in [0, 0.05) is 37.8 Å². The quantitative estimate of drug-likeness (QED) is 0.275. The number of rotatable bonds is 5. The number of nitrogens with zero attached hydrogens (tertiary/aromatic N) is 4. The van der Waals surface area contributed by atoms with Gasteiger partial charge in [-0.1, -0.05) is 24.3 Å². The van der Waals surface area contributed by atoms with Gasteiger partial charge in [0.2, 0.25) is 5.28 Å². The van der Waals surface area contributed by atoms with Crippen LogP contribution in [0.25, 0.3) is 32.8 Å². The van der Waals surface area contributed by atoms with Crippen LogP contribution in [0.1, 0.15) is 12.0 Å². The van der Waals surface area contributed by atoms with Crippen LogP contribution in [0, 0.1) is 17.1 Å². The van der Waals surface area contributed by atoms with Gasteiger partial charge in [-0.2, -0.15) is 10.2 Å². The highest BCUT2D eigenvalue weighted by Gasteiger charge is 2.24. The van der Waals surface area contributed by atoms with Crippen LogP contribution in [0.5, 0.6) is 5.75 Å². The summed E-state index contributed by atoms with van der Waals surface area (Å²) in [6.45, 7) is 2.46. The molecule has 0 aliphatic carbocycles. The molecule has 0 spiro atoms. The van der Waals surface area contributed by atoms with Crippen molar-refractivity contribution in [2.75, 3.05) is 45.1 Å². The first kappa shape index (κ1) is 23.2. The second-order valence-corrected chi connectivity index (χ2v) is 8.47. The third-order valence-electron chi connectivity index (χ3n) is 5.97. The minimum atomic E-state index is -0.635. The van der Waals surface area contributed by atoms with Crippen LogP contribution in [-0.4, -0.2) is 50.2 Å². The van der Waals surface area contributed by atoms with E-state index in [1.165, 1.54) is 7.11 Å². The highest BCUT2D eigenvalue weighted by Crippen LogP contribution is 2.40. The van der Waals surface area contributed by atoms with Gasteiger partial charge in [-0.3, -0.25) is 0 Å². The molecular weight excluding hydrogens is 471 g/mol. The summed E-state index contributed by atoms with van der Waals surface area (Å²) < 4.78 is 32.6. The van der Waals surface area contributed by atoms with Crippen LogP contribution in [0.3, 0.4) is 0 Å². The summed E-state index contributed by atoms with van der Waals surface area (Å²) in [7, 11) is 1.52. The number of methoxy groups -OCH3 is 1. The molecule has 0 unspecified atom stereocenters. The number of hydrogen-bond donors (Lipinski definition) is 0. The van der Waals surface area contributed by atoms with E-state index in [4.69, 9.17) is 25.8 Å². The summed E-state index contributed by atoms with van der Waals surface area (Å²) >= 11 is 6.26. The van der Waals surface area contributed by atoms with Gasteiger partial charge < -0.3 is 19.1 Å². The summed E-state index contributed by atoms with van der Waals surface area (Å²) in [6.07, 6.45) is 0.801. The molecule has 0 saturated carbocycles. The van der Waals surface area contributed by atoms with Crippen molar-refractivity contribution in [3.63, 3.8) is 0 Å². The first-order valence-electron chi connectivity index (χ1n) is 11.2. The minimum Gasteiger partial charge on any atom is -0.468 e. The average Bonchev–Trinajstić information content (AvgIpc) is 3.16. The van der Waals surface area contributed by atoms with Crippen molar-refractivity contribution in [1.29, 1.82) is 5.26 Å². The van der Waals surface area contributed by atoms with Crippen molar-refractivity contribution in [1.82, 2.24) is 9.97 Å². The van der Waals surface area contributed by atoms with Gasteiger partial charge >= 0.3 is 0 Å². The zero-order valence-electron chi connectivity index (χ0n) is 19.1. The molecule has 5 rings (SSSR count). The molecular formula is C26H22ClFN4O3. The lowest BCUT2D eigenvalue weighted by Crippen LogP contribution is -2.27. The predicted octanol–water partition coefficient (Wildman–Crippen LogP) is 5.32. The lowest BCUT2D eigenvalue weighted by Gasteiger charge is -2.23. The van der Waals surface area contributed by atoms with Gasteiger partial charge in [-0.05, 0) is 52.6 Å². The Hall–Kier alpha value is -3.51. The van der Waals surface area contributed by atoms with E-state index in [0.717, 1.165) is 17.2 Å². The fraction of sp³-hybridized carbons (Fsp3) is 0.269. The largest absolute Gasteiger partial charge is 0.468 e. The van der Waals surface area contributed by atoms with Crippen LogP contribution >= 0.6 is 11.6 Å². The molecule has 4 aromatic rings. The summed E-state index contributed by atoms with van der Waals surface area (Å²) in [5.41, 5.74) is 0.886. The fourth-order valence-corrected chi connectivity index (χ4v) is 4.60. The molecule has 0 radical (unpaired) electrons. The number of anilines is 1. The number of aromatic nitrogens is 2. The Bertz CT molecular complexity index is 1450. The van der Waals surface area contributed by atoms with Gasteiger partial charge in [0.25, 0.3) is 0 Å². The molecule has 35 heavy (non-hydrogen) atoms. The Morgan fingerprint density at radius 2 is 2.00 bits per heavy atom. The smallest absolute Gasteiger partial charge is 0.225 e. The Morgan fingerprint density at radius 1 is 1.14 bits per heavy atom. The predicted molar refractivity (Wildman–Crippen MR) is 132 cm³/mol. The molecule has 3 aromatic carbocycles. The molecule has 1 aromatic heterocycles. The van der Waals surface area contributed by atoms with E-state index >= 15 is 4.39 Å². The highest BCUT2D eigenvalue weighted by atomic mass is 35.5. The normalized spacial score (nSPS) is 14.2. The Labute approximate surface area is 206 Å². The summed E-state index contributed by atoms with van der Waals surface area (Å²) in [4.78, 5) is 10.6. The van der Waals surface area contributed by atoms with Crippen LogP contribution in [0.2, 0.25) is 5.28 Å². The number of halogens is 2. The van der Waals surface area contributed by atoms with Gasteiger partial charge in [0.15, 0.2) is 12.6 Å². The van der Waals surface area contributed by atoms with Crippen LogP contribution in [-0.2, 0) is 9.47 Å². The molecule has 178 valence electrons. The van der Waals surface area contributed by atoms with Gasteiger partial charge in [-0.15, -0.1) is 0 Å². The fourth-order valence-electron chi connectivity index (χ4n) is 4.44. The number of benzene rings is 3. The van der Waals surface area contributed by atoms with Gasteiger partial charge in [0.1, 0.15) is 17.1 Å². The van der Waals surface area contributed by atoms with E-state index < -0.39 is 5.82 Å². The van der Waals surface area contributed by atoms with E-state index in [1.54, 1.807) is 12.1 Å². The molecule has 7 nitrogen and oxygen atoms in total. The van der Waals surface area contributed by atoms with E-state index in [9.17, 15) is 5.26 Å². The molecule has 1 saturated heterocycles. The van der Waals surface area contributed by atoms with Crippen molar-refractivity contribution in [3.05, 3.63) is 59.1 Å². The molecule has 0 amide bonds. The maximum atomic E-state index is 16.3. The molecule has 0 bridgehead atoms. The van der Waals surface area contributed by atoms with E-state index in [-0.39, 0.29) is 28.7 Å². The standard InChI is InChI=1S/C26H22ClFN4O3/c1-33-15-35-18-11-16-5-2-3-6-19(16)20(13-18)22-17(14-29)12-21-24(23(22)28)30-26(27)31-25(21)32-7-4-9-34-10-8-32/h2-3,5-6,11-13H,4,7-10,15H2,1H3. The van der Waals surface area contributed by atoms with Gasteiger partial charge in [-0.25, -0.2) is 9.37 Å². The molecule has 0 atom stereocenters.